The lowest BCUT2D eigenvalue weighted by atomic mass is 10.2. The van der Waals surface area contributed by atoms with Crippen molar-refractivity contribution in [3.05, 3.63) is 112 Å². The fraction of sp³-hybridized carbons (Fsp3) is 0.143. The summed E-state index contributed by atoms with van der Waals surface area (Å²) >= 11 is 6.27. The molecule has 0 spiro atoms. The molecule has 0 bridgehead atoms. The third-order valence-corrected chi connectivity index (χ3v) is 8.19. The van der Waals surface area contributed by atoms with Crippen molar-refractivity contribution in [3.8, 4) is 5.69 Å². The lowest BCUT2D eigenvalue weighted by Gasteiger charge is -2.25. The molecule has 1 heterocycles. The number of carbonyl (C=O) groups excluding carboxylic acids is 1. The number of sulfonamides is 1. The van der Waals surface area contributed by atoms with Gasteiger partial charge < -0.3 is 4.57 Å². The van der Waals surface area contributed by atoms with E-state index in [4.69, 9.17) is 11.6 Å². The van der Waals surface area contributed by atoms with Gasteiger partial charge in [-0.25, -0.2) is 13.8 Å². The normalized spacial score (nSPS) is 11.6. The summed E-state index contributed by atoms with van der Waals surface area (Å²) in [5, 5.41) is 4.51. The first-order valence-corrected chi connectivity index (χ1v) is 13.4. The van der Waals surface area contributed by atoms with Crippen LogP contribution in [-0.2, 0) is 14.8 Å². The number of nitrogens with zero attached hydrogens (tertiary/aromatic N) is 3. The maximum Gasteiger partial charge on any atom is 0.264 e. The van der Waals surface area contributed by atoms with Gasteiger partial charge in [0.1, 0.15) is 6.54 Å². The molecule has 0 fully saturated rings. The third-order valence-electron chi connectivity index (χ3n) is 6.00. The summed E-state index contributed by atoms with van der Waals surface area (Å²) in [4.78, 5) is 13.0. The molecule has 37 heavy (non-hydrogen) atoms. The summed E-state index contributed by atoms with van der Waals surface area (Å²) in [5.74, 6) is -0.591. The monoisotopic (exact) mass is 534 g/mol. The molecule has 1 amide bonds. The van der Waals surface area contributed by atoms with Gasteiger partial charge in [-0.1, -0.05) is 54.1 Å². The van der Waals surface area contributed by atoms with Gasteiger partial charge >= 0.3 is 0 Å². The highest BCUT2D eigenvalue weighted by Crippen LogP contribution is 2.30. The minimum absolute atomic E-state index is 0.0685. The lowest BCUT2D eigenvalue weighted by molar-refractivity contribution is -0.119. The van der Waals surface area contributed by atoms with Crippen molar-refractivity contribution in [1.82, 2.24) is 9.99 Å². The summed E-state index contributed by atoms with van der Waals surface area (Å²) in [5.41, 5.74) is 7.18. The van der Waals surface area contributed by atoms with E-state index in [1.165, 1.54) is 12.1 Å². The Morgan fingerprint density at radius 3 is 2.30 bits per heavy atom. The zero-order valence-electron chi connectivity index (χ0n) is 20.7. The number of nitrogens with one attached hydrogen (secondary N) is 1. The highest BCUT2D eigenvalue weighted by Gasteiger charge is 2.28. The Morgan fingerprint density at radius 1 is 0.973 bits per heavy atom. The van der Waals surface area contributed by atoms with E-state index in [2.05, 4.69) is 15.1 Å². The van der Waals surface area contributed by atoms with Crippen LogP contribution in [0.5, 0.6) is 0 Å². The van der Waals surface area contributed by atoms with Crippen molar-refractivity contribution in [2.75, 3.05) is 10.8 Å². The molecule has 0 aliphatic heterocycles. The summed E-state index contributed by atoms with van der Waals surface area (Å²) < 4.78 is 30.2. The Hall–Kier alpha value is -3.88. The molecular weight excluding hydrogens is 508 g/mol. The third kappa shape index (κ3) is 5.60. The molecule has 3 aromatic carbocycles. The Labute approximate surface area is 222 Å². The second-order valence-corrected chi connectivity index (χ2v) is 10.8. The van der Waals surface area contributed by atoms with Gasteiger partial charge in [0.25, 0.3) is 15.9 Å². The van der Waals surface area contributed by atoms with Gasteiger partial charge in [0.2, 0.25) is 0 Å². The van der Waals surface area contributed by atoms with Crippen molar-refractivity contribution in [2.24, 2.45) is 5.10 Å². The van der Waals surface area contributed by atoms with Crippen LogP contribution in [0.3, 0.4) is 0 Å². The van der Waals surface area contributed by atoms with Crippen LogP contribution in [0, 0.1) is 20.8 Å². The average Bonchev–Trinajstić information content (AvgIpc) is 3.18. The number of hydrogen-bond acceptors (Lipinski definition) is 4. The zero-order valence-corrected chi connectivity index (χ0v) is 22.3. The van der Waals surface area contributed by atoms with Crippen LogP contribution >= 0.6 is 11.6 Å². The van der Waals surface area contributed by atoms with Gasteiger partial charge in [0.05, 0.1) is 16.8 Å². The van der Waals surface area contributed by atoms with Crippen molar-refractivity contribution >= 4 is 39.4 Å². The number of carbonyl (C=O) groups is 1. The van der Waals surface area contributed by atoms with Gasteiger partial charge in [0, 0.05) is 27.7 Å². The second kappa shape index (κ2) is 11.0. The summed E-state index contributed by atoms with van der Waals surface area (Å²) in [6, 6.07) is 24.8. The molecule has 0 unspecified atom stereocenters. The van der Waals surface area contributed by atoms with E-state index in [1.807, 2.05) is 50.2 Å². The maximum atomic E-state index is 13.5. The number of aryl methyl sites for hydroxylation is 1. The number of hydrazone groups is 1. The number of anilines is 1. The van der Waals surface area contributed by atoms with Crippen molar-refractivity contribution in [1.29, 1.82) is 0 Å². The number of amides is 1. The first-order chi connectivity index (χ1) is 17.7. The van der Waals surface area contributed by atoms with E-state index in [1.54, 1.807) is 49.5 Å². The second-order valence-electron chi connectivity index (χ2n) is 8.50. The molecule has 0 saturated heterocycles. The van der Waals surface area contributed by atoms with Crippen LogP contribution in [0.4, 0.5) is 5.69 Å². The highest BCUT2D eigenvalue weighted by atomic mass is 35.5. The topological polar surface area (TPSA) is 83.8 Å². The number of aromatic nitrogens is 1. The van der Waals surface area contributed by atoms with Crippen molar-refractivity contribution in [2.45, 2.75) is 25.7 Å². The van der Waals surface area contributed by atoms with Crippen molar-refractivity contribution in [3.63, 3.8) is 0 Å². The van der Waals surface area contributed by atoms with E-state index >= 15 is 0 Å². The van der Waals surface area contributed by atoms with Crippen LogP contribution < -0.4 is 9.73 Å². The Morgan fingerprint density at radius 2 is 1.62 bits per heavy atom. The summed E-state index contributed by atoms with van der Waals surface area (Å²) in [6.07, 6.45) is 1.56. The number of para-hydroxylation sites is 1. The Balaban J connectivity index is 1.58. The fourth-order valence-electron chi connectivity index (χ4n) is 4.12. The molecule has 0 aliphatic rings. The predicted octanol–water partition coefficient (Wildman–Crippen LogP) is 5.40. The van der Waals surface area contributed by atoms with E-state index in [-0.39, 0.29) is 4.90 Å². The van der Waals surface area contributed by atoms with Crippen LogP contribution in [0.25, 0.3) is 5.69 Å². The standard InChI is InChI=1S/C28H27ClN4O3S/c1-20-17-23(22(3)33(20)24-11-6-4-7-12-24)18-30-31-28(34)19-32(27-16-10-15-26(29)21(27)2)37(35,36)25-13-8-5-9-14-25/h4-18H,19H2,1-3H3,(H,31,34)/b30-18-. The Bertz CT molecular complexity index is 1550. The van der Waals surface area contributed by atoms with Crippen LogP contribution in [-0.4, -0.2) is 31.7 Å². The molecule has 0 saturated carbocycles. The summed E-state index contributed by atoms with van der Waals surface area (Å²) in [6.45, 7) is 5.21. The minimum atomic E-state index is -4.05. The molecule has 190 valence electrons. The first-order valence-electron chi connectivity index (χ1n) is 11.6. The van der Waals surface area contributed by atoms with Crippen molar-refractivity contribution < 1.29 is 13.2 Å². The number of benzene rings is 3. The molecule has 7 nitrogen and oxygen atoms in total. The molecule has 1 aromatic heterocycles. The molecule has 4 aromatic rings. The SMILES string of the molecule is Cc1c(Cl)cccc1N(CC(=O)N/N=C\c1cc(C)n(-c2ccccc2)c1C)S(=O)(=O)c1ccccc1. The van der Waals surface area contributed by atoms with Crippen LogP contribution in [0.15, 0.2) is 94.9 Å². The van der Waals surface area contributed by atoms with E-state index in [9.17, 15) is 13.2 Å². The van der Waals surface area contributed by atoms with E-state index in [0.717, 1.165) is 26.9 Å². The molecule has 9 heteroatoms. The van der Waals surface area contributed by atoms with Gasteiger partial charge in [-0.15, -0.1) is 0 Å². The molecule has 0 atom stereocenters. The molecular formula is C28H27ClN4O3S. The molecule has 0 aliphatic carbocycles. The van der Waals surface area contributed by atoms with Crippen LogP contribution in [0.1, 0.15) is 22.5 Å². The zero-order chi connectivity index (χ0) is 26.6. The van der Waals surface area contributed by atoms with E-state index in [0.29, 0.717) is 16.3 Å². The average molecular weight is 535 g/mol. The number of rotatable bonds is 8. The largest absolute Gasteiger partial charge is 0.318 e. The number of halogens is 1. The van der Waals surface area contributed by atoms with Crippen LogP contribution in [0.2, 0.25) is 5.02 Å². The number of hydrogen-bond donors (Lipinski definition) is 1. The predicted molar refractivity (Wildman–Crippen MR) is 148 cm³/mol. The van der Waals surface area contributed by atoms with Gasteiger partial charge in [0.15, 0.2) is 0 Å². The quantitative estimate of drug-likeness (QED) is 0.242. The summed E-state index contributed by atoms with van der Waals surface area (Å²) in [7, 11) is -4.05. The highest BCUT2D eigenvalue weighted by molar-refractivity contribution is 7.92. The first kappa shape index (κ1) is 26.2. The molecule has 1 N–H and O–H groups in total. The fourth-order valence-corrected chi connectivity index (χ4v) is 5.79. The van der Waals surface area contributed by atoms with Gasteiger partial charge in [-0.3, -0.25) is 9.10 Å². The van der Waals surface area contributed by atoms with Gasteiger partial charge in [-0.05, 0) is 68.8 Å². The smallest absolute Gasteiger partial charge is 0.264 e. The maximum absolute atomic E-state index is 13.5. The molecule has 4 rings (SSSR count). The molecule has 0 radical (unpaired) electrons. The van der Waals surface area contributed by atoms with Gasteiger partial charge in [-0.2, -0.15) is 5.10 Å². The Kier molecular flexibility index (Phi) is 7.80. The lowest BCUT2D eigenvalue weighted by Crippen LogP contribution is -2.40. The van der Waals surface area contributed by atoms with E-state index < -0.39 is 22.5 Å². The minimum Gasteiger partial charge on any atom is -0.318 e.